The van der Waals surface area contributed by atoms with Gasteiger partial charge in [0.15, 0.2) is 0 Å². The van der Waals surface area contributed by atoms with Crippen LogP contribution in [0.3, 0.4) is 0 Å². The number of quaternary nitrogens is 1. The predicted octanol–water partition coefficient (Wildman–Crippen LogP) is 4.05. The summed E-state index contributed by atoms with van der Waals surface area (Å²) in [6, 6.07) is 10.9. The summed E-state index contributed by atoms with van der Waals surface area (Å²) in [7, 11) is 0. The van der Waals surface area contributed by atoms with Crippen LogP contribution in [-0.2, 0) is 4.79 Å². The molecule has 0 unspecified atom stereocenters. The van der Waals surface area contributed by atoms with Crippen LogP contribution in [0.4, 0.5) is 4.39 Å². The lowest BCUT2D eigenvalue weighted by molar-refractivity contribution is -0.588. The van der Waals surface area contributed by atoms with E-state index in [4.69, 9.17) is 21.7 Å². The largest absolute Gasteiger partial charge is 0.488 e. The van der Waals surface area contributed by atoms with Crippen molar-refractivity contribution in [2.45, 2.75) is 37.8 Å². The van der Waals surface area contributed by atoms with Crippen molar-refractivity contribution in [3.63, 3.8) is 0 Å². The Kier molecular flexibility index (Phi) is 8.72. The normalized spacial score (nSPS) is 22.1. The van der Waals surface area contributed by atoms with E-state index < -0.39 is 18.0 Å². The van der Waals surface area contributed by atoms with Gasteiger partial charge in [-0.05, 0) is 66.8 Å². The Balaban J connectivity index is 1.27. The molecule has 44 heavy (non-hydrogen) atoms. The van der Waals surface area contributed by atoms with Gasteiger partial charge >= 0.3 is 0 Å². The van der Waals surface area contributed by atoms with Gasteiger partial charge in [-0.25, -0.2) is 9.07 Å². The zero-order valence-corrected chi connectivity index (χ0v) is 24.8. The van der Waals surface area contributed by atoms with E-state index in [9.17, 15) is 14.0 Å². The van der Waals surface area contributed by atoms with Gasteiger partial charge in [-0.3, -0.25) is 9.59 Å². The molecule has 11 heteroatoms. The zero-order chi connectivity index (χ0) is 30.6. The van der Waals surface area contributed by atoms with Gasteiger partial charge in [-0.15, -0.1) is 0 Å². The molecule has 0 radical (unpaired) electrons. The molecule has 4 N–H and O–H groups in total. The fraction of sp³-hybridized carbons (Fsp3) is 0.273. The molecule has 4 bridgehead atoms. The topological polar surface area (TPSA) is 117 Å². The standard InChI is InChI=1S/C33H32ClFN6O3/c34-28-15-23(35)10-11-30(28)41-19-22(17-39-41)33(43)40-20-25-16-31(40)32(42)38-13-3-1-2-12-37-18-27-26(8-5-9-29(27)36)21-6-4-7-24(14-21)44-25/h4-11,14-15,17-19,25,31,36-37H,1-3,12-13,16,20H2,(H,38,42)/p+1/b27-18-,36-29?/t25-,31-/m0/s1. The summed E-state index contributed by atoms with van der Waals surface area (Å²) in [5, 5.41) is 18.1. The maximum Gasteiger partial charge on any atom is 0.257 e. The highest BCUT2D eigenvalue weighted by atomic mass is 35.5. The fourth-order valence-corrected chi connectivity index (χ4v) is 6.03. The van der Waals surface area contributed by atoms with Crippen LogP contribution < -0.4 is 15.4 Å². The highest BCUT2D eigenvalue weighted by molar-refractivity contribution is 6.32. The van der Waals surface area contributed by atoms with Gasteiger partial charge in [0, 0.05) is 19.2 Å². The quantitative estimate of drug-likeness (QED) is 0.403. The Hall–Kier alpha value is -4.54. The van der Waals surface area contributed by atoms with E-state index in [-0.39, 0.29) is 28.9 Å². The number of nitrogens with two attached hydrogens (primary N) is 1. The Labute approximate surface area is 259 Å². The molecule has 3 heterocycles. The van der Waals surface area contributed by atoms with Crippen LogP contribution in [0.1, 0.15) is 41.6 Å². The van der Waals surface area contributed by atoms with Crippen LogP contribution in [0.5, 0.6) is 5.75 Å². The fourth-order valence-electron chi connectivity index (χ4n) is 5.77. The van der Waals surface area contributed by atoms with Gasteiger partial charge in [0.25, 0.3) is 5.91 Å². The second-order valence-electron chi connectivity index (χ2n) is 11.1. The van der Waals surface area contributed by atoms with Crippen molar-refractivity contribution in [3.05, 3.63) is 107 Å². The molecule has 1 saturated heterocycles. The number of ether oxygens (including phenoxy) is 1. The van der Waals surface area contributed by atoms with E-state index in [2.05, 4.69) is 15.7 Å². The maximum atomic E-state index is 13.8. The van der Waals surface area contributed by atoms with Crippen molar-refractivity contribution >= 4 is 34.7 Å². The number of carbonyl (C=O) groups excluding carboxylic acids is 2. The van der Waals surface area contributed by atoms with Gasteiger partial charge in [-0.1, -0.05) is 35.9 Å². The number of nitrogens with one attached hydrogen (secondary N) is 2. The summed E-state index contributed by atoms with van der Waals surface area (Å²) < 4.78 is 21.4. The van der Waals surface area contributed by atoms with Gasteiger partial charge in [-0.2, -0.15) is 5.10 Å². The predicted molar refractivity (Wildman–Crippen MR) is 165 cm³/mol. The number of hydrogen-bond donors (Lipinski definition) is 3. The lowest BCUT2D eigenvalue weighted by atomic mass is 9.91. The van der Waals surface area contributed by atoms with Gasteiger partial charge < -0.3 is 25.7 Å². The number of nitrogens with zero attached hydrogens (tertiary/aromatic N) is 3. The summed E-state index contributed by atoms with van der Waals surface area (Å²) in [6.07, 6.45) is 13.3. The van der Waals surface area contributed by atoms with Crippen LogP contribution in [0.15, 0.2) is 84.9 Å². The Morgan fingerprint density at radius 2 is 2.05 bits per heavy atom. The molecular formula is C33H33ClFN6O3+. The van der Waals surface area contributed by atoms with Gasteiger partial charge in [0.1, 0.15) is 29.9 Å². The lowest BCUT2D eigenvalue weighted by Crippen LogP contribution is -2.78. The molecule has 1 fully saturated rings. The first kappa shape index (κ1) is 29.5. The van der Waals surface area contributed by atoms with E-state index in [1.54, 1.807) is 6.08 Å². The minimum Gasteiger partial charge on any atom is -0.488 e. The van der Waals surface area contributed by atoms with Crippen LogP contribution in [0.2, 0.25) is 5.02 Å². The first-order valence-corrected chi connectivity index (χ1v) is 15.1. The van der Waals surface area contributed by atoms with E-state index >= 15 is 0 Å². The molecule has 9 nitrogen and oxygen atoms in total. The number of halogens is 2. The summed E-state index contributed by atoms with van der Waals surface area (Å²) in [5.41, 5.74) is 3.89. The third kappa shape index (κ3) is 6.36. The molecule has 2 atom stereocenters. The molecule has 226 valence electrons. The first-order chi connectivity index (χ1) is 21.4. The van der Waals surface area contributed by atoms with Crippen molar-refractivity contribution in [1.82, 2.24) is 20.0 Å². The molecule has 2 aliphatic heterocycles. The first-order valence-electron chi connectivity index (χ1n) is 14.7. The van der Waals surface area contributed by atoms with Crippen LogP contribution in [0.25, 0.3) is 11.3 Å². The van der Waals surface area contributed by atoms with Crippen molar-refractivity contribution in [3.8, 4) is 11.4 Å². The minimum atomic E-state index is -0.721. The molecule has 3 aliphatic rings. The van der Waals surface area contributed by atoms with Crippen LogP contribution in [-0.4, -0.2) is 64.0 Å². The van der Waals surface area contributed by atoms with E-state index in [1.165, 1.54) is 40.2 Å². The number of amides is 2. The average molecular weight is 616 g/mol. The molecule has 0 saturated carbocycles. The number of allylic oxidation sites excluding steroid dienone is 5. The van der Waals surface area contributed by atoms with E-state index in [0.29, 0.717) is 30.1 Å². The number of hydrogen-bond acceptors (Lipinski definition) is 5. The van der Waals surface area contributed by atoms with E-state index in [0.717, 1.165) is 42.5 Å². The third-order valence-corrected chi connectivity index (χ3v) is 8.30. The number of aromatic nitrogens is 2. The van der Waals surface area contributed by atoms with Crippen molar-refractivity contribution in [1.29, 1.82) is 5.41 Å². The molecule has 2 aromatic carbocycles. The molecule has 3 aromatic rings. The minimum absolute atomic E-state index is 0.161. The number of rotatable bonds is 2. The second kappa shape index (κ2) is 13.0. The van der Waals surface area contributed by atoms with E-state index in [1.807, 2.05) is 42.6 Å². The zero-order valence-electron chi connectivity index (χ0n) is 24.0. The SMILES string of the molecule is N=C1C=CC=C2/C1=C/[NH2+]CCCCCNC(=O)[C@@H]1C[C@@H](CN1C(=O)c1cnn(-c3ccc(F)cc3Cl)c1)Oc1cccc2c1. The monoisotopic (exact) mass is 615 g/mol. The van der Waals surface area contributed by atoms with Gasteiger partial charge in [0.05, 0.1) is 46.8 Å². The van der Waals surface area contributed by atoms with Crippen LogP contribution >= 0.6 is 11.6 Å². The number of fused-ring (bicyclic) bond motifs is 6. The molecule has 0 spiro atoms. The van der Waals surface area contributed by atoms with Gasteiger partial charge in [0.2, 0.25) is 5.91 Å². The number of benzene rings is 2. The number of carbonyl (C=O) groups is 2. The molecule has 2 amide bonds. The summed E-state index contributed by atoms with van der Waals surface area (Å²) in [4.78, 5) is 28.7. The Morgan fingerprint density at radius 1 is 1.16 bits per heavy atom. The highest BCUT2D eigenvalue weighted by Gasteiger charge is 2.41. The van der Waals surface area contributed by atoms with Crippen molar-refractivity contribution in [2.75, 3.05) is 19.6 Å². The molecular weight excluding hydrogens is 583 g/mol. The van der Waals surface area contributed by atoms with Crippen molar-refractivity contribution < 1.29 is 24.0 Å². The highest BCUT2D eigenvalue weighted by Crippen LogP contribution is 2.31. The number of likely N-dealkylation sites (tertiary alicyclic amines) is 1. The maximum absolute atomic E-state index is 13.8. The molecule has 1 aliphatic carbocycles. The Morgan fingerprint density at radius 3 is 2.91 bits per heavy atom. The summed E-state index contributed by atoms with van der Waals surface area (Å²) in [5.74, 6) is -0.431. The smallest absolute Gasteiger partial charge is 0.257 e. The Bertz CT molecular complexity index is 1700. The second-order valence-corrected chi connectivity index (χ2v) is 11.5. The van der Waals surface area contributed by atoms with Crippen molar-refractivity contribution in [2.24, 2.45) is 0 Å². The average Bonchev–Trinajstić information content (AvgIpc) is 3.66. The molecule has 6 rings (SSSR count). The summed E-state index contributed by atoms with van der Waals surface area (Å²) >= 11 is 6.21. The molecule has 1 aromatic heterocycles. The van der Waals surface area contributed by atoms with Crippen LogP contribution in [0, 0.1) is 11.2 Å². The third-order valence-electron chi connectivity index (χ3n) is 8.00. The summed E-state index contributed by atoms with van der Waals surface area (Å²) in [6.45, 7) is 1.59. The lowest BCUT2D eigenvalue weighted by Gasteiger charge is -2.23.